The smallest absolute Gasteiger partial charge is 0.328 e. The van der Waals surface area contributed by atoms with Gasteiger partial charge in [0.25, 0.3) is 0 Å². The molecule has 7 nitrogen and oxygen atoms in total. The van der Waals surface area contributed by atoms with Gasteiger partial charge in [-0.05, 0) is 0 Å². The van der Waals surface area contributed by atoms with Gasteiger partial charge in [0.15, 0.2) is 0 Å². The first-order chi connectivity index (χ1) is 8.60. The molecular formula is C11H19NO6. The number of carbonyl (C=O) groups excluding carboxylic acids is 2. The number of esters is 1. The molecular weight excluding hydrogens is 242 g/mol. The summed E-state index contributed by atoms with van der Waals surface area (Å²) >= 11 is 0. The second kappa shape index (κ2) is 7.30. The van der Waals surface area contributed by atoms with Gasteiger partial charge in [0, 0.05) is 20.1 Å². The number of hydrogen-bond donors (Lipinski definition) is 1. The lowest BCUT2D eigenvalue weighted by atomic mass is 10.2. The van der Waals surface area contributed by atoms with Gasteiger partial charge in [0.05, 0.1) is 26.4 Å². The second-order valence-electron chi connectivity index (χ2n) is 4.02. The first kappa shape index (κ1) is 14.9. The van der Waals surface area contributed by atoms with Crippen LogP contribution in [0.2, 0.25) is 0 Å². The Hall–Kier alpha value is -1.18. The molecule has 7 heteroatoms. The van der Waals surface area contributed by atoms with Crippen LogP contribution in [0.1, 0.15) is 6.42 Å². The third-order valence-corrected chi connectivity index (χ3v) is 2.73. The van der Waals surface area contributed by atoms with Crippen molar-refractivity contribution >= 4 is 11.9 Å². The summed E-state index contributed by atoms with van der Waals surface area (Å²) in [7, 11) is 2.79. The monoisotopic (exact) mass is 261 g/mol. The molecule has 2 unspecified atom stereocenters. The minimum atomic E-state index is -0.719. The molecule has 1 aliphatic heterocycles. The lowest BCUT2D eigenvalue weighted by Gasteiger charge is -2.22. The largest absolute Gasteiger partial charge is 0.467 e. The average molecular weight is 261 g/mol. The van der Waals surface area contributed by atoms with E-state index in [4.69, 9.17) is 9.47 Å². The molecule has 0 aromatic rings. The molecule has 2 atom stereocenters. The molecule has 0 aromatic carbocycles. The molecule has 1 amide bonds. The first-order valence-corrected chi connectivity index (χ1v) is 5.72. The Labute approximate surface area is 106 Å². The van der Waals surface area contributed by atoms with Crippen LogP contribution >= 0.6 is 0 Å². The first-order valence-electron chi connectivity index (χ1n) is 5.72. The lowest BCUT2D eigenvalue weighted by molar-refractivity contribution is -0.152. The van der Waals surface area contributed by atoms with E-state index in [-0.39, 0.29) is 25.5 Å². The van der Waals surface area contributed by atoms with Gasteiger partial charge >= 0.3 is 5.97 Å². The summed E-state index contributed by atoms with van der Waals surface area (Å²) in [6.07, 6.45) is -0.492. The lowest BCUT2D eigenvalue weighted by Crippen LogP contribution is -2.43. The number of hydrogen-bond acceptors (Lipinski definition) is 6. The number of β-amino-alcohol motifs (C(OH)–C–C–N with tert-alkyl or cyclic N) is 1. The fourth-order valence-electron chi connectivity index (χ4n) is 1.83. The van der Waals surface area contributed by atoms with E-state index in [9.17, 15) is 14.7 Å². The topological polar surface area (TPSA) is 85.3 Å². The van der Waals surface area contributed by atoms with Crippen molar-refractivity contribution in [3.8, 4) is 0 Å². The molecule has 104 valence electrons. The molecule has 0 aliphatic carbocycles. The van der Waals surface area contributed by atoms with E-state index in [1.165, 1.54) is 19.1 Å². The molecule has 0 saturated carbocycles. The quantitative estimate of drug-likeness (QED) is 0.477. The number of nitrogens with zero attached hydrogens (tertiary/aromatic N) is 1. The van der Waals surface area contributed by atoms with Gasteiger partial charge in [-0.1, -0.05) is 0 Å². The van der Waals surface area contributed by atoms with Gasteiger partial charge in [-0.15, -0.1) is 0 Å². The summed E-state index contributed by atoms with van der Waals surface area (Å²) in [4.78, 5) is 24.6. The number of aliphatic hydroxyl groups is 1. The highest BCUT2D eigenvalue weighted by Crippen LogP contribution is 2.19. The van der Waals surface area contributed by atoms with Crippen molar-refractivity contribution in [2.24, 2.45) is 0 Å². The van der Waals surface area contributed by atoms with Crippen molar-refractivity contribution in [2.75, 3.05) is 40.6 Å². The summed E-state index contributed by atoms with van der Waals surface area (Å²) < 4.78 is 14.5. The predicted molar refractivity (Wildman–Crippen MR) is 60.8 cm³/mol. The van der Waals surface area contributed by atoms with Crippen LogP contribution in [-0.2, 0) is 23.8 Å². The van der Waals surface area contributed by atoms with Crippen molar-refractivity contribution in [1.29, 1.82) is 0 Å². The van der Waals surface area contributed by atoms with Crippen LogP contribution in [0.25, 0.3) is 0 Å². The fourth-order valence-corrected chi connectivity index (χ4v) is 1.83. The molecule has 1 heterocycles. The molecule has 1 rings (SSSR count). The van der Waals surface area contributed by atoms with Gasteiger partial charge in [0.1, 0.15) is 12.6 Å². The summed E-state index contributed by atoms with van der Waals surface area (Å²) in [5, 5.41) is 9.51. The van der Waals surface area contributed by atoms with E-state index in [0.29, 0.717) is 13.2 Å². The van der Waals surface area contributed by atoms with Crippen molar-refractivity contribution in [1.82, 2.24) is 4.90 Å². The van der Waals surface area contributed by atoms with Crippen LogP contribution in [0.4, 0.5) is 0 Å². The standard InChI is InChI=1S/C11H19NO6/c1-16-3-4-18-7-10(14)12-6-8(13)5-9(12)11(15)17-2/h8-9,13H,3-7H2,1-2H3. The maximum atomic E-state index is 11.8. The van der Waals surface area contributed by atoms with Crippen molar-refractivity contribution in [3.05, 3.63) is 0 Å². The SMILES string of the molecule is COCCOCC(=O)N1CC(O)CC1C(=O)OC. The van der Waals surface area contributed by atoms with Crippen molar-refractivity contribution in [3.63, 3.8) is 0 Å². The van der Waals surface area contributed by atoms with Gasteiger partial charge in [0.2, 0.25) is 5.91 Å². The molecule has 1 N–H and O–H groups in total. The normalized spacial score (nSPS) is 23.2. The zero-order chi connectivity index (χ0) is 13.5. The Kier molecular flexibility index (Phi) is 6.03. The predicted octanol–water partition coefficient (Wildman–Crippen LogP) is -1.22. The van der Waals surface area contributed by atoms with Crippen LogP contribution < -0.4 is 0 Å². The molecule has 1 fully saturated rings. The number of amides is 1. The maximum Gasteiger partial charge on any atom is 0.328 e. The number of ether oxygens (including phenoxy) is 3. The Balaban J connectivity index is 2.46. The highest BCUT2D eigenvalue weighted by atomic mass is 16.5. The summed E-state index contributed by atoms with van der Waals surface area (Å²) in [5.41, 5.74) is 0. The van der Waals surface area contributed by atoms with Crippen LogP contribution in [0.3, 0.4) is 0 Å². The number of rotatable bonds is 6. The van der Waals surface area contributed by atoms with Crippen molar-refractivity contribution in [2.45, 2.75) is 18.6 Å². The van der Waals surface area contributed by atoms with Gasteiger partial charge in [-0.3, -0.25) is 4.79 Å². The van der Waals surface area contributed by atoms with E-state index in [1.54, 1.807) is 0 Å². The Morgan fingerprint density at radius 1 is 1.33 bits per heavy atom. The van der Waals surface area contributed by atoms with Crippen LogP contribution in [0, 0.1) is 0 Å². The van der Waals surface area contributed by atoms with E-state index in [1.807, 2.05) is 0 Å². The minimum Gasteiger partial charge on any atom is -0.467 e. The van der Waals surface area contributed by atoms with E-state index < -0.39 is 18.1 Å². The highest BCUT2D eigenvalue weighted by molar-refractivity contribution is 5.85. The van der Waals surface area contributed by atoms with Crippen LogP contribution in [-0.4, -0.2) is 74.6 Å². The second-order valence-corrected chi connectivity index (χ2v) is 4.02. The summed E-state index contributed by atoms with van der Waals surface area (Å²) in [5.74, 6) is -0.852. The Morgan fingerprint density at radius 3 is 2.67 bits per heavy atom. The molecule has 1 aliphatic rings. The summed E-state index contributed by atoms with van der Waals surface area (Å²) in [6, 6.07) is -0.719. The molecule has 0 bridgehead atoms. The molecule has 0 radical (unpaired) electrons. The number of aliphatic hydroxyl groups excluding tert-OH is 1. The third kappa shape index (κ3) is 3.94. The maximum absolute atomic E-state index is 11.8. The fraction of sp³-hybridized carbons (Fsp3) is 0.818. The number of likely N-dealkylation sites (tertiary alicyclic amines) is 1. The summed E-state index contributed by atoms with van der Waals surface area (Å²) in [6.45, 7) is 0.702. The van der Waals surface area contributed by atoms with Gasteiger partial charge in [-0.25, -0.2) is 4.79 Å². The number of methoxy groups -OCH3 is 2. The minimum absolute atomic E-state index is 0.131. The molecule has 0 spiro atoms. The number of carbonyl (C=O) groups is 2. The molecule has 1 saturated heterocycles. The Morgan fingerprint density at radius 2 is 2.06 bits per heavy atom. The van der Waals surface area contributed by atoms with Gasteiger partial charge in [-0.2, -0.15) is 0 Å². The Bertz CT molecular complexity index is 295. The van der Waals surface area contributed by atoms with Crippen LogP contribution in [0.5, 0.6) is 0 Å². The molecule has 18 heavy (non-hydrogen) atoms. The van der Waals surface area contributed by atoms with Gasteiger partial charge < -0.3 is 24.2 Å². The van der Waals surface area contributed by atoms with E-state index in [0.717, 1.165) is 0 Å². The van der Waals surface area contributed by atoms with Crippen LogP contribution in [0.15, 0.2) is 0 Å². The molecule has 0 aromatic heterocycles. The highest BCUT2D eigenvalue weighted by Gasteiger charge is 2.39. The third-order valence-electron chi connectivity index (χ3n) is 2.73. The average Bonchev–Trinajstić information content (AvgIpc) is 2.75. The zero-order valence-corrected chi connectivity index (χ0v) is 10.6. The van der Waals surface area contributed by atoms with E-state index >= 15 is 0 Å². The zero-order valence-electron chi connectivity index (χ0n) is 10.6. The van der Waals surface area contributed by atoms with Crippen molar-refractivity contribution < 1.29 is 28.9 Å². The van der Waals surface area contributed by atoms with E-state index in [2.05, 4.69) is 4.74 Å².